The zero-order valence-electron chi connectivity index (χ0n) is 38.5. The van der Waals surface area contributed by atoms with E-state index in [1.54, 1.807) is 14.2 Å². The van der Waals surface area contributed by atoms with Crippen molar-refractivity contribution in [3.8, 4) is 28.4 Å². The van der Waals surface area contributed by atoms with E-state index in [1.807, 2.05) is 28.9 Å². The van der Waals surface area contributed by atoms with Gasteiger partial charge in [-0.05, 0) is 103 Å². The highest BCUT2D eigenvalue weighted by Crippen LogP contribution is 2.56. The highest BCUT2D eigenvalue weighted by atomic mass is 16.6. The molecule has 2 aromatic carbocycles. The molecule has 0 aliphatic heterocycles. The molecular formula is C48H75N5O8. The molecule has 2 bridgehead atoms. The van der Waals surface area contributed by atoms with E-state index in [0.29, 0.717) is 126 Å². The van der Waals surface area contributed by atoms with Crippen molar-refractivity contribution in [2.75, 3.05) is 98.7 Å². The van der Waals surface area contributed by atoms with E-state index in [0.717, 1.165) is 41.8 Å². The number of carbonyl (C=O) groups is 1. The Balaban J connectivity index is 1.27. The van der Waals surface area contributed by atoms with Crippen LogP contribution >= 0.6 is 0 Å². The first-order valence-corrected chi connectivity index (χ1v) is 22.4. The van der Waals surface area contributed by atoms with Crippen molar-refractivity contribution in [2.45, 2.75) is 85.6 Å². The van der Waals surface area contributed by atoms with E-state index in [4.69, 9.17) is 44.0 Å². The quantitative estimate of drug-likeness (QED) is 0.0719. The molecular weight excluding hydrogens is 775 g/mol. The first-order valence-electron chi connectivity index (χ1n) is 22.4. The monoisotopic (exact) mass is 850 g/mol. The van der Waals surface area contributed by atoms with Crippen molar-refractivity contribution < 1.29 is 38.0 Å². The van der Waals surface area contributed by atoms with Crippen molar-refractivity contribution in [2.24, 2.45) is 34.8 Å². The maximum Gasteiger partial charge on any atom is 0.272 e. The van der Waals surface area contributed by atoms with Crippen molar-refractivity contribution in [1.82, 2.24) is 15.1 Å². The predicted octanol–water partition coefficient (Wildman–Crippen LogP) is 7.74. The van der Waals surface area contributed by atoms with Gasteiger partial charge in [0, 0.05) is 18.8 Å². The maximum atomic E-state index is 14.8. The lowest BCUT2D eigenvalue weighted by Crippen LogP contribution is -2.68. The molecule has 0 spiro atoms. The SMILES string of the molecule is COc1cccc(OC)c1-c1cc(C(=O)NC2(C(C)(C)C)C(C)CC3CC(C)CC2C3)nn1-c1ccc(NCCOCCOCCOCCOCCOCCN)cc1C(C)C. The maximum absolute atomic E-state index is 14.8. The number of fused-ring (bicyclic) bond motifs is 2. The van der Waals surface area contributed by atoms with Gasteiger partial charge in [-0.2, -0.15) is 5.10 Å². The van der Waals surface area contributed by atoms with Gasteiger partial charge in [0.25, 0.3) is 5.91 Å². The van der Waals surface area contributed by atoms with Gasteiger partial charge in [-0.25, -0.2) is 4.68 Å². The number of anilines is 1. The molecule has 5 rings (SSSR count). The van der Waals surface area contributed by atoms with Crippen molar-refractivity contribution in [1.29, 1.82) is 0 Å². The fourth-order valence-corrected chi connectivity index (χ4v) is 10.0. The van der Waals surface area contributed by atoms with Crippen LogP contribution in [0.5, 0.6) is 11.5 Å². The van der Waals surface area contributed by atoms with E-state index in [2.05, 4.69) is 77.3 Å². The van der Waals surface area contributed by atoms with Gasteiger partial charge in [0.05, 0.1) is 103 Å². The summed E-state index contributed by atoms with van der Waals surface area (Å²) in [7, 11) is 3.30. The zero-order chi connectivity index (χ0) is 44.0. The largest absolute Gasteiger partial charge is 0.496 e. The fourth-order valence-electron chi connectivity index (χ4n) is 10.0. The third kappa shape index (κ3) is 12.3. The summed E-state index contributed by atoms with van der Waals surface area (Å²) in [6.45, 7) is 22.2. The topological polar surface area (TPSA) is 150 Å². The Hall–Kier alpha value is -3.72. The smallest absolute Gasteiger partial charge is 0.272 e. The molecule has 61 heavy (non-hydrogen) atoms. The summed E-state index contributed by atoms with van der Waals surface area (Å²) < 4.78 is 41.5. The van der Waals surface area contributed by atoms with Gasteiger partial charge in [0.15, 0.2) is 5.69 Å². The molecule has 0 radical (unpaired) electrons. The van der Waals surface area contributed by atoms with Gasteiger partial charge < -0.3 is 49.5 Å². The fraction of sp³-hybridized carbons (Fsp3) is 0.667. The average Bonchev–Trinajstić information content (AvgIpc) is 3.67. The number of hydrogen-bond donors (Lipinski definition) is 3. The first-order chi connectivity index (χ1) is 29.3. The number of carbonyl (C=O) groups excluding carboxylic acids is 1. The van der Waals surface area contributed by atoms with Gasteiger partial charge in [-0.15, -0.1) is 0 Å². The second-order valence-corrected chi connectivity index (χ2v) is 18.2. The molecule has 5 unspecified atom stereocenters. The lowest BCUT2D eigenvalue weighted by atomic mass is 9.49. The van der Waals surface area contributed by atoms with Gasteiger partial charge in [0.1, 0.15) is 11.5 Å². The van der Waals surface area contributed by atoms with Crippen LogP contribution in [0.4, 0.5) is 5.69 Å². The zero-order valence-corrected chi connectivity index (χ0v) is 38.5. The number of nitrogens with one attached hydrogen (secondary N) is 2. The molecule has 2 fully saturated rings. The van der Waals surface area contributed by atoms with Gasteiger partial charge in [-0.3, -0.25) is 4.79 Å². The Labute approximate surface area is 365 Å². The summed E-state index contributed by atoms with van der Waals surface area (Å²) in [5, 5.41) is 12.4. The van der Waals surface area contributed by atoms with Crippen LogP contribution in [0, 0.1) is 29.1 Å². The van der Waals surface area contributed by atoms with Crippen LogP contribution in [-0.4, -0.2) is 115 Å². The van der Waals surface area contributed by atoms with Crippen LogP contribution < -0.4 is 25.8 Å². The molecule has 1 amide bonds. The summed E-state index contributed by atoms with van der Waals surface area (Å²) in [6, 6.07) is 13.9. The molecule has 4 N–H and O–H groups in total. The standard InChI is InChI=1S/C48H75N5O8/c1-33(2)39-31-38(50-16-18-58-20-22-60-24-26-61-25-23-59-21-19-57-17-15-49)13-14-41(39)53-42(45-43(55-8)11-10-12-44(45)56-9)32-40(52-53)46(54)51-48(47(5,6)7)35(4)29-36-27-34(3)28-37(48)30-36/h10-14,31-37,50H,15-30,49H2,1-9H3,(H,51,54). The van der Waals surface area contributed by atoms with E-state index in [-0.39, 0.29) is 22.8 Å². The summed E-state index contributed by atoms with van der Waals surface area (Å²) >= 11 is 0. The molecule has 2 aliphatic rings. The Morgan fingerprint density at radius 3 is 1.97 bits per heavy atom. The van der Waals surface area contributed by atoms with E-state index >= 15 is 0 Å². The molecule has 2 aliphatic carbocycles. The third-order valence-electron chi connectivity index (χ3n) is 12.5. The Bertz CT molecular complexity index is 1780. The molecule has 13 nitrogen and oxygen atoms in total. The van der Waals surface area contributed by atoms with Crippen molar-refractivity contribution in [3.05, 3.63) is 53.7 Å². The lowest BCUT2D eigenvalue weighted by molar-refractivity contribution is -0.0608. The van der Waals surface area contributed by atoms with E-state index in [9.17, 15) is 4.79 Å². The first kappa shape index (κ1) is 48.3. The minimum atomic E-state index is -0.374. The minimum Gasteiger partial charge on any atom is -0.496 e. The highest BCUT2D eigenvalue weighted by Gasteiger charge is 2.57. The highest BCUT2D eigenvalue weighted by molar-refractivity contribution is 5.95. The summed E-state index contributed by atoms with van der Waals surface area (Å²) in [4.78, 5) is 14.8. The van der Waals surface area contributed by atoms with Crippen LogP contribution in [-0.2, 0) is 23.7 Å². The summed E-state index contributed by atoms with van der Waals surface area (Å²) in [5.74, 6) is 3.34. The molecule has 2 saturated carbocycles. The Kier molecular flexibility index (Phi) is 18.3. The molecule has 3 aromatic rings. The predicted molar refractivity (Wildman–Crippen MR) is 241 cm³/mol. The lowest BCUT2D eigenvalue weighted by Gasteiger charge is -2.60. The second-order valence-electron chi connectivity index (χ2n) is 18.2. The Morgan fingerprint density at radius 1 is 0.820 bits per heavy atom. The number of amides is 1. The number of methoxy groups -OCH3 is 2. The number of rotatable bonds is 25. The molecule has 340 valence electrons. The van der Waals surface area contributed by atoms with E-state index < -0.39 is 0 Å². The van der Waals surface area contributed by atoms with E-state index in [1.165, 1.54) is 6.42 Å². The molecule has 5 atom stereocenters. The number of aromatic nitrogens is 2. The number of nitrogens with two attached hydrogens (primary N) is 1. The number of nitrogens with zero attached hydrogens (tertiary/aromatic N) is 2. The molecule has 13 heteroatoms. The Morgan fingerprint density at radius 2 is 1.41 bits per heavy atom. The third-order valence-corrected chi connectivity index (χ3v) is 12.5. The molecule has 1 aromatic heterocycles. The average molecular weight is 850 g/mol. The van der Waals surface area contributed by atoms with Crippen LogP contribution in [0.25, 0.3) is 16.9 Å². The minimum absolute atomic E-state index is 0.144. The second kappa shape index (κ2) is 23.1. The van der Waals surface area contributed by atoms with Gasteiger partial charge >= 0.3 is 0 Å². The van der Waals surface area contributed by atoms with Crippen molar-refractivity contribution in [3.63, 3.8) is 0 Å². The van der Waals surface area contributed by atoms with Crippen LogP contribution in [0.2, 0.25) is 0 Å². The van der Waals surface area contributed by atoms with Gasteiger partial charge in [0.2, 0.25) is 0 Å². The van der Waals surface area contributed by atoms with Gasteiger partial charge in [-0.1, -0.05) is 54.5 Å². The van der Waals surface area contributed by atoms with Crippen molar-refractivity contribution >= 4 is 11.6 Å². The molecule has 0 saturated heterocycles. The number of benzene rings is 2. The normalized spacial score (nSPS) is 21.4. The summed E-state index contributed by atoms with van der Waals surface area (Å²) in [5.41, 5.74) is 9.59. The van der Waals surface area contributed by atoms with Crippen LogP contribution in [0.1, 0.15) is 96.1 Å². The number of ether oxygens (including phenoxy) is 7. The van der Waals surface area contributed by atoms with Crippen LogP contribution in [0.15, 0.2) is 42.5 Å². The summed E-state index contributed by atoms with van der Waals surface area (Å²) in [6.07, 6.45) is 4.68. The number of hydrogen-bond acceptors (Lipinski definition) is 11. The van der Waals surface area contributed by atoms with Crippen LogP contribution in [0.3, 0.4) is 0 Å². The molecule has 1 heterocycles.